The van der Waals surface area contributed by atoms with Crippen LogP contribution < -0.4 is 4.74 Å². The Balaban J connectivity index is 2.50. The molecule has 2 nitrogen and oxygen atoms in total. The molecule has 1 aromatic rings. The molecule has 0 bridgehead atoms. The van der Waals surface area contributed by atoms with Crippen LogP contribution in [0.15, 0.2) is 12.1 Å². The van der Waals surface area contributed by atoms with Gasteiger partial charge in [0.1, 0.15) is 0 Å². The summed E-state index contributed by atoms with van der Waals surface area (Å²) in [5, 5.41) is 9.24. The summed E-state index contributed by atoms with van der Waals surface area (Å²) in [6.45, 7) is 2.37. The van der Waals surface area contributed by atoms with E-state index in [9.17, 15) is 13.9 Å². The third-order valence-electron chi connectivity index (χ3n) is 2.28. The maximum atomic E-state index is 13.2. The van der Waals surface area contributed by atoms with Crippen LogP contribution in [0.2, 0.25) is 0 Å². The molecule has 16 heavy (non-hydrogen) atoms. The first kappa shape index (κ1) is 12.7. The Morgan fingerprint density at radius 2 is 1.81 bits per heavy atom. The quantitative estimate of drug-likeness (QED) is 0.756. The molecule has 0 atom stereocenters. The van der Waals surface area contributed by atoms with E-state index in [4.69, 9.17) is 4.74 Å². The fourth-order valence-electron chi connectivity index (χ4n) is 1.36. The number of phenols is 1. The van der Waals surface area contributed by atoms with E-state index in [-0.39, 0.29) is 6.61 Å². The Hall–Kier alpha value is -1.32. The first-order valence-corrected chi connectivity index (χ1v) is 5.46. The van der Waals surface area contributed by atoms with E-state index in [0.29, 0.717) is 0 Å². The topological polar surface area (TPSA) is 29.5 Å². The van der Waals surface area contributed by atoms with E-state index in [1.54, 1.807) is 0 Å². The number of aromatic hydroxyl groups is 1. The largest absolute Gasteiger partial charge is 0.502 e. The van der Waals surface area contributed by atoms with Crippen LogP contribution in [0.1, 0.15) is 32.6 Å². The highest BCUT2D eigenvalue weighted by Gasteiger charge is 2.13. The summed E-state index contributed by atoms with van der Waals surface area (Å²) in [5.41, 5.74) is 0. The molecule has 0 heterocycles. The molecule has 0 saturated carbocycles. The molecular weight excluding hydrogens is 214 g/mol. The van der Waals surface area contributed by atoms with Crippen molar-refractivity contribution in [2.24, 2.45) is 0 Å². The van der Waals surface area contributed by atoms with E-state index in [0.717, 1.165) is 37.8 Å². The molecule has 1 aromatic carbocycles. The van der Waals surface area contributed by atoms with Crippen LogP contribution in [0.4, 0.5) is 8.78 Å². The van der Waals surface area contributed by atoms with Gasteiger partial charge in [0, 0.05) is 0 Å². The van der Waals surface area contributed by atoms with Crippen molar-refractivity contribution in [2.45, 2.75) is 32.6 Å². The lowest BCUT2D eigenvalue weighted by atomic mass is 10.2. The zero-order valence-corrected chi connectivity index (χ0v) is 9.30. The van der Waals surface area contributed by atoms with Gasteiger partial charge in [0.25, 0.3) is 0 Å². The Kier molecular flexibility index (Phi) is 5.02. The molecule has 0 aliphatic rings. The molecule has 90 valence electrons. The van der Waals surface area contributed by atoms with Crippen LogP contribution in [0.25, 0.3) is 0 Å². The molecule has 0 aliphatic heterocycles. The van der Waals surface area contributed by atoms with Crippen molar-refractivity contribution in [3.63, 3.8) is 0 Å². The molecule has 0 saturated heterocycles. The molecule has 1 rings (SSSR count). The molecule has 1 N–H and O–H groups in total. The predicted octanol–water partition coefficient (Wildman–Crippen LogP) is 3.63. The van der Waals surface area contributed by atoms with Gasteiger partial charge < -0.3 is 9.84 Å². The van der Waals surface area contributed by atoms with Crippen molar-refractivity contribution in [1.82, 2.24) is 0 Å². The van der Waals surface area contributed by atoms with Crippen LogP contribution in [-0.4, -0.2) is 11.7 Å². The number of benzene rings is 1. The average Bonchev–Trinajstić information content (AvgIpc) is 2.28. The van der Waals surface area contributed by atoms with E-state index >= 15 is 0 Å². The Bertz CT molecular complexity index is 340. The van der Waals surface area contributed by atoms with Crippen LogP contribution in [0.3, 0.4) is 0 Å². The number of hydrogen-bond acceptors (Lipinski definition) is 2. The molecule has 4 heteroatoms. The first-order valence-electron chi connectivity index (χ1n) is 5.46. The third-order valence-corrected chi connectivity index (χ3v) is 2.28. The second-order valence-electron chi connectivity index (χ2n) is 3.62. The summed E-state index contributed by atoms with van der Waals surface area (Å²) in [5.74, 6) is -2.76. The molecule has 0 aromatic heterocycles. The molecule has 0 fully saturated rings. The van der Waals surface area contributed by atoms with Crippen LogP contribution in [0, 0.1) is 11.6 Å². The average molecular weight is 230 g/mol. The number of ether oxygens (including phenoxy) is 1. The highest BCUT2D eigenvalue weighted by Crippen LogP contribution is 2.31. The zero-order valence-electron chi connectivity index (χ0n) is 9.30. The van der Waals surface area contributed by atoms with E-state index in [1.165, 1.54) is 0 Å². The molecule has 0 aliphatic carbocycles. The van der Waals surface area contributed by atoms with Gasteiger partial charge in [0.15, 0.2) is 23.1 Å². The van der Waals surface area contributed by atoms with Crippen LogP contribution >= 0.6 is 0 Å². The predicted molar refractivity (Wildman–Crippen MR) is 57.7 cm³/mol. The number of phenolic OH excluding ortho intramolecular Hbond substituents is 1. The Morgan fingerprint density at radius 1 is 1.12 bits per heavy atom. The normalized spacial score (nSPS) is 10.4. The van der Waals surface area contributed by atoms with Crippen molar-refractivity contribution in [1.29, 1.82) is 0 Å². The summed E-state index contributed by atoms with van der Waals surface area (Å²) in [6, 6.07) is 1.81. The van der Waals surface area contributed by atoms with Crippen molar-refractivity contribution in [2.75, 3.05) is 6.61 Å². The van der Waals surface area contributed by atoms with E-state index in [2.05, 4.69) is 6.92 Å². The molecule has 0 amide bonds. The lowest BCUT2D eigenvalue weighted by molar-refractivity contribution is 0.269. The minimum Gasteiger partial charge on any atom is -0.502 e. The van der Waals surface area contributed by atoms with Crippen LogP contribution in [0.5, 0.6) is 11.5 Å². The summed E-state index contributed by atoms with van der Waals surface area (Å²) < 4.78 is 31.1. The van der Waals surface area contributed by atoms with Gasteiger partial charge in [-0.2, -0.15) is 0 Å². The van der Waals surface area contributed by atoms with E-state index in [1.807, 2.05) is 0 Å². The maximum absolute atomic E-state index is 13.2. The Labute approximate surface area is 93.9 Å². The van der Waals surface area contributed by atoms with Crippen molar-refractivity contribution in [3.05, 3.63) is 23.8 Å². The standard InChI is InChI=1S/C12H16F2O2/c1-2-3-4-5-8-16-12-10(14)7-6-9(13)11(12)15/h6-7,15H,2-5,8H2,1H3. The number of halogens is 2. The van der Waals surface area contributed by atoms with Gasteiger partial charge in [-0.3, -0.25) is 0 Å². The third kappa shape index (κ3) is 3.36. The van der Waals surface area contributed by atoms with Gasteiger partial charge in [-0.1, -0.05) is 26.2 Å². The number of hydrogen-bond donors (Lipinski definition) is 1. The zero-order chi connectivity index (χ0) is 12.0. The fourth-order valence-corrected chi connectivity index (χ4v) is 1.36. The molecule has 0 unspecified atom stereocenters. The second kappa shape index (κ2) is 6.30. The lowest BCUT2D eigenvalue weighted by Crippen LogP contribution is -2.00. The van der Waals surface area contributed by atoms with Gasteiger partial charge >= 0.3 is 0 Å². The summed E-state index contributed by atoms with van der Waals surface area (Å²) in [4.78, 5) is 0. The molecular formula is C12H16F2O2. The first-order chi connectivity index (χ1) is 7.66. The molecule has 0 radical (unpaired) electrons. The second-order valence-corrected chi connectivity index (χ2v) is 3.62. The van der Waals surface area contributed by atoms with Crippen molar-refractivity contribution < 1.29 is 18.6 Å². The number of unbranched alkanes of at least 4 members (excludes halogenated alkanes) is 3. The summed E-state index contributed by atoms with van der Waals surface area (Å²) in [6.07, 6.45) is 3.93. The smallest absolute Gasteiger partial charge is 0.199 e. The van der Waals surface area contributed by atoms with Crippen molar-refractivity contribution >= 4 is 0 Å². The highest BCUT2D eigenvalue weighted by atomic mass is 19.1. The van der Waals surface area contributed by atoms with Crippen molar-refractivity contribution in [3.8, 4) is 11.5 Å². The lowest BCUT2D eigenvalue weighted by Gasteiger charge is -2.09. The molecule has 0 spiro atoms. The van der Waals surface area contributed by atoms with Gasteiger partial charge in [0.2, 0.25) is 0 Å². The summed E-state index contributed by atoms with van der Waals surface area (Å²) in [7, 11) is 0. The van der Waals surface area contributed by atoms with Gasteiger partial charge in [-0.25, -0.2) is 8.78 Å². The van der Waals surface area contributed by atoms with Gasteiger partial charge in [0.05, 0.1) is 6.61 Å². The summed E-state index contributed by atoms with van der Waals surface area (Å²) >= 11 is 0. The minimum absolute atomic E-state index is 0.286. The highest BCUT2D eigenvalue weighted by molar-refractivity contribution is 5.40. The SMILES string of the molecule is CCCCCCOc1c(F)ccc(F)c1O. The van der Waals surface area contributed by atoms with Gasteiger partial charge in [-0.05, 0) is 18.6 Å². The minimum atomic E-state index is -0.870. The fraction of sp³-hybridized carbons (Fsp3) is 0.500. The van der Waals surface area contributed by atoms with E-state index < -0.39 is 23.1 Å². The Morgan fingerprint density at radius 3 is 2.50 bits per heavy atom. The number of rotatable bonds is 6. The monoisotopic (exact) mass is 230 g/mol. The van der Waals surface area contributed by atoms with Gasteiger partial charge in [-0.15, -0.1) is 0 Å². The maximum Gasteiger partial charge on any atom is 0.199 e. The van der Waals surface area contributed by atoms with Crippen LogP contribution in [-0.2, 0) is 0 Å².